The van der Waals surface area contributed by atoms with Crippen molar-refractivity contribution in [3.8, 4) is 11.5 Å². The van der Waals surface area contributed by atoms with Gasteiger partial charge >= 0.3 is 0 Å². The molecular formula is C21H12Cl2FN3O2S. The molecule has 0 fully saturated rings. The molecule has 150 valence electrons. The van der Waals surface area contributed by atoms with Gasteiger partial charge < -0.3 is 9.73 Å². The van der Waals surface area contributed by atoms with Gasteiger partial charge in [-0.2, -0.15) is 0 Å². The number of halogens is 3. The molecule has 4 aromatic rings. The lowest BCUT2D eigenvalue weighted by Gasteiger charge is -2.09. The van der Waals surface area contributed by atoms with E-state index in [0.29, 0.717) is 38.3 Å². The van der Waals surface area contributed by atoms with E-state index in [1.54, 1.807) is 36.4 Å². The number of carbonyl (C=O) groups excluding carboxylic acids is 1. The van der Waals surface area contributed by atoms with Crippen LogP contribution in [-0.2, 0) is 0 Å². The maximum Gasteiger partial charge on any atom is 0.257 e. The van der Waals surface area contributed by atoms with Crippen LogP contribution < -0.4 is 10.6 Å². The summed E-state index contributed by atoms with van der Waals surface area (Å²) in [7, 11) is 0. The number of thiocarbonyl (C=S) groups is 1. The molecule has 1 heterocycles. The third kappa shape index (κ3) is 4.43. The van der Waals surface area contributed by atoms with Gasteiger partial charge in [0.25, 0.3) is 5.91 Å². The second kappa shape index (κ2) is 8.39. The molecule has 0 spiro atoms. The van der Waals surface area contributed by atoms with E-state index >= 15 is 0 Å². The second-order valence-corrected chi connectivity index (χ2v) is 7.49. The summed E-state index contributed by atoms with van der Waals surface area (Å²) >= 11 is 17.3. The van der Waals surface area contributed by atoms with Crippen molar-refractivity contribution in [1.29, 1.82) is 0 Å². The number of oxazole rings is 1. The summed E-state index contributed by atoms with van der Waals surface area (Å²) < 4.78 is 18.7. The molecule has 9 heteroatoms. The first-order valence-electron chi connectivity index (χ1n) is 8.63. The average Bonchev–Trinajstić information content (AvgIpc) is 3.11. The number of carbonyl (C=O) groups is 1. The molecule has 0 bridgehead atoms. The fraction of sp³-hybridized carbons (Fsp3) is 0. The Hall–Kier alpha value is -3.00. The number of anilines is 1. The van der Waals surface area contributed by atoms with Crippen LogP contribution in [0.5, 0.6) is 0 Å². The lowest BCUT2D eigenvalue weighted by molar-refractivity contribution is 0.0977. The lowest BCUT2D eigenvalue weighted by Crippen LogP contribution is -2.34. The largest absolute Gasteiger partial charge is 0.436 e. The summed E-state index contributed by atoms with van der Waals surface area (Å²) in [4.78, 5) is 16.6. The normalized spacial score (nSPS) is 10.8. The first-order chi connectivity index (χ1) is 14.4. The van der Waals surface area contributed by atoms with Gasteiger partial charge in [-0.15, -0.1) is 0 Å². The molecule has 5 nitrogen and oxygen atoms in total. The van der Waals surface area contributed by atoms with Gasteiger partial charge in [0, 0.05) is 16.3 Å². The Kier molecular flexibility index (Phi) is 5.67. The zero-order chi connectivity index (χ0) is 21.3. The monoisotopic (exact) mass is 459 g/mol. The van der Waals surface area contributed by atoms with Crippen LogP contribution in [-0.4, -0.2) is 16.0 Å². The topological polar surface area (TPSA) is 67.2 Å². The van der Waals surface area contributed by atoms with Gasteiger partial charge in [-0.3, -0.25) is 10.1 Å². The zero-order valence-electron chi connectivity index (χ0n) is 15.1. The summed E-state index contributed by atoms with van der Waals surface area (Å²) in [6.45, 7) is 0. The van der Waals surface area contributed by atoms with Crippen LogP contribution in [0.2, 0.25) is 10.0 Å². The van der Waals surface area contributed by atoms with E-state index in [-0.39, 0.29) is 10.7 Å². The van der Waals surface area contributed by atoms with Crippen molar-refractivity contribution in [1.82, 2.24) is 10.3 Å². The number of aromatic nitrogens is 1. The minimum atomic E-state index is -0.449. The standard InChI is InChI=1S/C21H12Cl2FN3O2S/c22-12-3-7-15(16(23)9-12)20-26-17-10-14(6-8-18(17)29-20)25-21(30)27-19(28)11-1-4-13(24)5-2-11/h1-10H,(H2,25,27,28,30). The number of amides is 1. The molecule has 1 aromatic heterocycles. The Morgan fingerprint density at radius 3 is 2.53 bits per heavy atom. The van der Waals surface area contributed by atoms with Crippen LogP contribution >= 0.6 is 35.4 Å². The maximum atomic E-state index is 13.0. The van der Waals surface area contributed by atoms with Crippen molar-refractivity contribution >= 4 is 63.2 Å². The Balaban J connectivity index is 1.50. The van der Waals surface area contributed by atoms with Crippen molar-refractivity contribution in [3.63, 3.8) is 0 Å². The first kappa shape index (κ1) is 20.3. The zero-order valence-corrected chi connectivity index (χ0v) is 17.4. The highest BCUT2D eigenvalue weighted by Crippen LogP contribution is 2.32. The van der Waals surface area contributed by atoms with Gasteiger partial charge in [0.05, 0.1) is 10.6 Å². The number of fused-ring (bicyclic) bond motifs is 1. The molecule has 2 N–H and O–H groups in total. The minimum Gasteiger partial charge on any atom is -0.436 e. The number of nitrogens with one attached hydrogen (secondary N) is 2. The van der Waals surface area contributed by atoms with Crippen LogP contribution in [0, 0.1) is 5.82 Å². The Labute approximate surface area is 185 Å². The van der Waals surface area contributed by atoms with E-state index in [4.69, 9.17) is 39.8 Å². The predicted octanol–water partition coefficient (Wildman–Crippen LogP) is 6.07. The molecule has 3 aromatic carbocycles. The third-order valence-corrected chi connectivity index (χ3v) is 4.89. The summed E-state index contributed by atoms with van der Waals surface area (Å²) in [5.41, 5.74) is 2.65. The van der Waals surface area contributed by atoms with Gasteiger partial charge in [-0.25, -0.2) is 9.37 Å². The van der Waals surface area contributed by atoms with Gasteiger partial charge in [-0.1, -0.05) is 23.2 Å². The molecule has 0 aliphatic rings. The second-order valence-electron chi connectivity index (χ2n) is 6.24. The fourth-order valence-electron chi connectivity index (χ4n) is 2.72. The molecule has 1 amide bonds. The van der Waals surface area contributed by atoms with E-state index < -0.39 is 11.7 Å². The SMILES string of the molecule is O=C(NC(=S)Nc1ccc2oc(-c3ccc(Cl)cc3Cl)nc2c1)c1ccc(F)cc1. The summed E-state index contributed by atoms with van der Waals surface area (Å²) in [5.74, 6) is -0.516. The summed E-state index contributed by atoms with van der Waals surface area (Å²) in [6, 6.07) is 15.4. The van der Waals surface area contributed by atoms with Gasteiger partial charge in [0.1, 0.15) is 11.3 Å². The van der Waals surface area contributed by atoms with Crippen molar-refractivity contribution in [3.05, 3.63) is 82.1 Å². The van der Waals surface area contributed by atoms with Crippen molar-refractivity contribution in [2.24, 2.45) is 0 Å². The van der Waals surface area contributed by atoms with Gasteiger partial charge in [-0.05, 0) is 72.9 Å². The first-order valence-corrected chi connectivity index (χ1v) is 9.79. The van der Waals surface area contributed by atoms with Crippen molar-refractivity contribution in [2.45, 2.75) is 0 Å². The minimum absolute atomic E-state index is 0.0909. The molecule has 0 unspecified atom stereocenters. The highest BCUT2D eigenvalue weighted by molar-refractivity contribution is 7.80. The highest BCUT2D eigenvalue weighted by Gasteiger charge is 2.13. The smallest absolute Gasteiger partial charge is 0.257 e. The molecule has 0 saturated heterocycles. The Morgan fingerprint density at radius 1 is 1.03 bits per heavy atom. The number of rotatable bonds is 3. The predicted molar refractivity (Wildman–Crippen MR) is 120 cm³/mol. The quantitative estimate of drug-likeness (QED) is 0.364. The molecule has 0 saturated carbocycles. The van der Waals surface area contributed by atoms with Crippen LogP contribution in [0.4, 0.5) is 10.1 Å². The molecule has 0 aliphatic heterocycles. The van der Waals surface area contributed by atoms with Crippen molar-refractivity contribution < 1.29 is 13.6 Å². The van der Waals surface area contributed by atoms with E-state index in [2.05, 4.69) is 15.6 Å². The van der Waals surface area contributed by atoms with Gasteiger partial charge in [0.2, 0.25) is 5.89 Å². The molecule has 30 heavy (non-hydrogen) atoms. The molecule has 0 aliphatic carbocycles. The lowest BCUT2D eigenvalue weighted by atomic mass is 10.2. The maximum absolute atomic E-state index is 13.0. The Bertz CT molecular complexity index is 1280. The average molecular weight is 460 g/mol. The Morgan fingerprint density at radius 2 is 1.80 bits per heavy atom. The molecule has 4 rings (SSSR count). The van der Waals surface area contributed by atoms with Crippen LogP contribution in [0.1, 0.15) is 10.4 Å². The van der Waals surface area contributed by atoms with Crippen LogP contribution in [0.25, 0.3) is 22.6 Å². The summed E-state index contributed by atoms with van der Waals surface area (Å²) in [5, 5.41) is 6.49. The van der Waals surface area contributed by atoms with Crippen LogP contribution in [0.15, 0.2) is 65.1 Å². The van der Waals surface area contributed by atoms with E-state index in [1.807, 2.05) is 0 Å². The van der Waals surface area contributed by atoms with E-state index in [0.717, 1.165) is 0 Å². The number of nitrogens with zero attached hydrogens (tertiary/aromatic N) is 1. The van der Waals surface area contributed by atoms with E-state index in [9.17, 15) is 9.18 Å². The van der Waals surface area contributed by atoms with Gasteiger partial charge in [0.15, 0.2) is 10.7 Å². The van der Waals surface area contributed by atoms with E-state index in [1.165, 1.54) is 24.3 Å². The molecule has 0 atom stereocenters. The number of benzene rings is 3. The highest BCUT2D eigenvalue weighted by atomic mass is 35.5. The number of hydrogen-bond acceptors (Lipinski definition) is 4. The molecular weight excluding hydrogens is 448 g/mol. The summed E-state index contributed by atoms with van der Waals surface area (Å²) in [6.07, 6.45) is 0. The fourth-order valence-corrected chi connectivity index (χ4v) is 3.42. The van der Waals surface area contributed by atoms with Crippen LogP contribution in [0.3, 0.4) is 0 Å². The third-order valence-electron chi connectivity index (χ3n) is 4.14. The number of hydrogen-bond donors (Lipinski definition) is 2. The molecule has 0 radical (unpaired) electrons. The van der Waals surface area contributed by atoms with Crippen molar-refractivity contribution in [2.75, 3.05) is 5.32 Å².